The Labute approximate surface area is 105 Å². The minimum atomic E-state index is -1.83. The van der Waals surface area contributed by atoms with Gasteiger partial charge in [0.05, 0.1) is 24.8 Å². The van der Waals surface area contributed by atoms with Crippen molar-refractivity contribution in [3.05, 3.63) is 0 Å². The zero-order valence-electron chi connectivity index (χ0n) is 11.7. The molecular formula is C12H25NO3Si. The number of amides is 1. The molecule has 3 atom stereocenters. The van der Waals surface area contributed by atoms with Gasteiger partial charge in [-0.2, -0.15) is 0 Å². The van der Waals surface area contributed by atoms with Gasteiger partial charge < -0.3 is 14.4 Å². The summed E-state index contributed by atoms with van der Waals surface area (Å²) < 4.78 is 6.26. The largest absolute Gasteiger partial charge is 0.410 e. The van der Waals surface area contributed by atoms with E-state index in [0.717, 1.165) is 6.41 Å². The summed E-state index contributed by atoms with van der Waals surface area (Å²) in [4.78, 5) is 12.5. The minimum absolute atomic E-state index is 0.0221. The number of nitrogens with zero attached hydrogens (tertiary/aromatic N) is 1. The molecule has 1 saturated heterocycles. The standard InChI is InChI=1S/C12H25NO3Si/c1-9-11(10(7-14)13(9)8-15)16-17(5,6)12(2,3)4/h8-11,14H,7H2,1-6H3/t9-,10-,11+/m0/s1. The molecule has 1 aliphatic heterocycles. The van der Waals surface area contributed by atoms with Crippen LogP contribution in [0.5, 0.6) is 0 Å². The predicted molar refractivity (Wildman–Crippen MR) is 70.3 cm³/mol. The van der Waals surface area contributed by atoms with Gasteiger partial charge in [-0.15, -0.1) is 0 Å². The topological polar surface area (TPSA) is 49.8 Å². The average molecular weight is 259 g/mol. The van der Waals surface area contributed by atoms with E-state index in [1.807, 2.05) is 6.92 Å². The number of hydrogen-bond donors (Lipinski definition) is 1. The SMILES string of the molecule is C[C@H]1[C@@H](O[Si](C)(C)C(C)(C)C)[C@H](CO)N1C=O. The fourth-order valence-corrected chi connectivity index (χ4v) is 3.32. The van der Waals surface area contributed by atoms with Crippen molar-refractivity contribution in [2.75, 3.05) is 6.61 Å². The third-order valence-electron chi connectivity index (χ3n) is 4.25. The summed E-state index contributed by atoms with van der Waals surface area (Å²) in [7, 11) is -1.83. The molecule has 0 aromatic carbocycles. The van der Waals surface area contributed by atoms with Gasteiger partial charge in [-0.25, -0.2) is 0 Å². The van der Waals surface area contributed by atoms with Crippen LogP contribution in [-0.4, -0.2) is 49.5 Å². The van der Waals surface area contributed by atoms with Gasteiger partial charge in [0.25, 0.3) is 0 Å². The maximum absolute atomic E-state index is 10.8. The molecule has 1 heterocycles. The summed E-state index contributed by atoms with van der Waals surface area (Å²) in [5, 5.41) is 9.46. The number of aliphatic hydroxyl groups excluding tert-OH is 1. The molecule has 100 valence electrons. The van der Waals surface area contributed by atoms with Gasteiger partial charge in [-0.3, -0.25) is 4.79 Å². The fraction of sp³-hybridized carbons (Fsp3) is 0.917. The molecule has 0 saturated carbocycles. The second-order valence-electron chi connectivity index (χ2n) is 6.39. The van der Waals surface area contributed by atoms with E-state index in [-0.39, 0.29) is 29.8 Å². The van der Waals surface area contributed by atoms with E-state index in [1.165, 1.54) is 0 Å². The van der Waals surface area contributed by atoms with Crippen molar-refractivity contribution in [1.82, 2.24) is 4.90 Å². The number of rotatable bonds is 4. The Morgan fingerprint density at radius 1 is 1.41 bits per heavy atom. The molecule has 0 aromatic heterocycles. The second-order valence-corrected chi connectivity index (χ2v) is 11.1. The lowest BCUT2D eigenvalue weighted by Crippen LogP contribution is -2.70. The summed E-state index contributed by atoms with van der Waals surface area (Å²) in [5.41, 5.74) is 0. The van der Waals surface area contributed by atoms with Crippen molar-refractivity contribution in [3.63, 3.8) is 0 Å². The van der Waals surface area contributed by atoms with E-state index < -0.39 is 8.32 Å². The maximum atomic E-state index is 10.8. The van der Waals surface area contributed by atoms with Gasteiger partial charge in [0.15, 0.2) is 8.32 Å². The Morgan fingerprint density at radius 3 is 2.29 bits per heavy atom. The predicted octanol–water partition coefficient (Wildman–Crippen LogP) is 1.60. The summed E-state index contributed by atoms with van der Waals surface area (Å²) in [6.45, 7) is 12.9. The molecule has 0 radical (unpaired) electrons. The third kappa shape index (κ3) is 2.56. The van der Waals surface area contributed by atoms with Crippen LogP contribution in [0.25, 0.3) is 0 Å². The van der Waals surface area contributed by atoms with Crippen molar-refractivity contribution in [1.29, 1.82) is 0 Å². The van der Waals surface area contributed by atoms with Crippen molar-refractivity contribution in [2.45, 2.75) is 64.0 Å². The highest BCUT2D eigenvalue weighted by molar-refractivity contribution is 6.74. The highest BCUT2D eigenvalue weighted by Gasteiger charge is 2.50. The number of hydrogen-bond acceptors (Lipinski definition) is 3. The maximum Gasteiger partial charge on any atom is 0.210 e. The first kappa shape index (κ1) is 14.7. The van der Waals surface area contributed by atoms with Crippen LogP contribution < -0.4 is 0 Å². The van der Waals surface area contributed by atoms with Gasteiger partial charge in [0.1, 0.15) is 0 Å². The van der Waals surface area contributed by atoms with Crippen molar-refractivity contribution in [3.8, 4) is 0 Å². The quantitative estimate of drug-likeness (QED) is 0.616. The molecule has 4 nitrogen and oxygen atoms in total. The molecule has 1 fully saturated rings. The van der Waals surface area contributed by atoms with Crippen molar-refractivity contribution >= 4 is 14.7 Å². The molecule has 5 heteroatoms. The molecule has 1 aliphatic rings. The number of carbonyl (C=O) groups excluding carboxylic acids is 1. The Hall–Kier alpha value is -0.393. The summed E-state index contributed by atoms with van der Waals surface area (Å²) in [5.74, 6) is 0. The Bertz CT molecular complexity index is 288. The zero-order chi connectivity index (χ0) is 13.4. The van der Waals surface area contributed by atoms with Crippen LogP contribution in [0.4, 0.5) is 0 Å². The van der Waals surface area contributed by atoms with E-state index in [1.54, 1.807) is 4.90 Å². The van der Waals surface area contributed by atoms with Gasteiger partial charge in [0, 0.05) is 0 Å². The highest BCUT2D eigenvalue weighted by atomic mass is 28.4. The lowest BCUT2D eigenvalue weighted by molar-refractivity contribution is -0.151. The molecule has 0 spiro atoms. The van der Waals surface area contributed by atoms with Gasteiger partial charge in [-0.05, 0) is 25.1 Å². The third-order valence-corrected chi connectivity index (χ3v) is 8.73. The van der Waals surface area contributed by atoms with Crippen LogP contribution in [0.15, 0.2) is 0 Å². The zero-order valence-corrected chi connectivity index (χ0v) is 12.7. The molecule has 1 N–H and O–H groups in total. The average Bonchev–Trinajstić information content (AvgIpc) is 2.20. The van der Waals surface area contributed by atoms with Crippen LogP contribution in [0.1, 0.15) is 27.7 Å². The summed E-state index contributed by atoms with van der Waals surface area (Å²) >= 11 is 0. The van der Waals surface area contributed by atoms with Crippen LogP contribution in [0, 0.1) is 0 Å². The highest BCUT2D eigenvalue weighted by Crippen LogP contribution is 2.40. The monoisotopic (exact) mass is 259 g/mol. The van der Waals surface area contributed by atoms with Crippen molar-refractivity contribution in [2.24, 2.45) is 0 Å². The van der Waals surface area contributed by atoms with Gasteiger partial charge in [0.2, 0.25) is 6.41 Å². The Kier molecular flexibility index (Phi) is 4.06. The van der Waals surface area contributed by atoms with Crippen LogP contribution in [-0.2, 0) is 9.22 Å². The first-order valence-corrected chi connectivity index (χ1v) is 9.08. The molecular weight excluding hydrogens is 234 g/mol. The summed E-state index contributed by atoms with van der Waals surface area (Å²) in [6, 6.07) is -0.101. The molecule has 17 heavy (non-hydrogen) atoms. The van der Waals surface area contributed by atoms with Crippen LogP contribution in [0.2, 0.25) is 18.1 Å². The van der Waals surface area contributed by atoms with Crippen molar-refractivity contribution < 1.29 is 14.3 Å². The molecule has 1 rings (SSSR count). The number of aliphatic hydroxyl groups is 1. The lowest BCUT2D eigenvalue weighted by atomic mass is 9.92. The molecule has 0 aromatic rings. The first-order valence-electron chi connectivity index (χ1n) is 6.17. The molecule has 1 amide bonds. The molecule has 0 bridgehead atoms. The van der Waals surface area contributed by atoms with E-state index in [2.05, 4.69) is 33.9 Å². The molecule has 0 unspecified atom stereocenters. The van der Waals surface area contributed by atoms with E-state index in [4.69, 9.17) is 4.43 Å². The Morgan fingerprint density at radius 2 is 1.94 bits per heavy atom. The van der Waals surface area contributed by atoms with E-state index in [0.29, 0.717) is 0 Å². The van der Waals surface area contributed by atoms with E-state index in [9.17, 15) is 9.90 Å². The van der Waals surface area contributed by atoms with Gasteiger partial charge in [-0.1, -0.05) is 20.8 Å². The Balaban J connectivity index is 2.73. The molecule has 0 aliphatic carbocycles. The smallest absolute Gasteiger partial charge is 0.210 e. The fourth-order valence-electron chi connectivity index (χ4n) is 1.93. The van der Waals surface area contributed by atoms with Crippen LogP contribution >= 0.6 is 0 Å². The normalized spacial score (nSPS) is 30.1. The second kappa shape index (κ2) is 4.70. The minimum Gasteiger partial charge on any atom is -0.410 e. The first-order chi connectivity index (χ1) is 7.65. The van der Waals surface area contributed by atoms with Gasteiger partial charge >= 0.3 is 0 Å². The lowest BCUT2D eigenvalue weighted by Gasteiger charge is -2.54. The number of likely N-dealkylation sites (tertiary alicyclic amines) is 1. The summed E-state index contributed by atoms with van der Waals surface area (Å²) in [6.07, 6.45) is 0.780. The van der Waals surface area contributed by atoms with Crippen LogP contribution in [0.3, 0.4) is 0 Å². The van der Waals surface area contributed by atoms with E-state index >= 15 is 0 Å². The number of carbonyl (C=O) groups is 1.